The molecule has 5 N–H and O–H groups in total. The van der Waals surface area contributed by atoms with Crippen LogP contribution in [0.25, 0.3) is 0 Å². The second-order valence-corrected chi connectivity index (χ2v) is 7.95. The highest BCUT2D eigenvalue weighted by molar-refractivity contribution is 6.30. The number of amidine groups is 1. The summed E-state index contributed by atoms with van der Waals surface area (Å²) in [5.41, 5.74) is 8.43. The summed E-state index contributed by atoms with van der Waals surface area (Å²) in [6, 6.07) is 7.40. The standard InChI is InChI=1S/C18H28ClN5O3/c1-18(2,3)27-17(25)24-10-15(9-16(20)22-23-21)26-11-14(24)8-12-4-6-13(19)7-5-12/h4-7,14-15,23H,8-11,21H2,1-3H3,(H2,20,22)/t14?,15-/m0/s1. The molecule has 0 spiro atoms. The molecule has 0 aromatic heterocycles. The largest absolute Gasteiger partial charge is 0.444 e. The number of carbonyl (C=O) groups excluding carboxylic acids is 1. The fraction of sp³-hybridized carbons (Fsp3) is 0.556. The predicted octanol–water partition coefficient (Wildman–Crippen LogP) is 2.01. The number of benzene rings is 1. The van der Waals surface area contributed by atoms with Crippen LogP contribution < -0.4 is 17.1 Å². The molecule has 1 aromatic rings. The van der Waals surface area contributed by atoms with E-state index in [2.05, 4.69) is 10.6 Å². The summed E-state index contributed by atoms with van der Waals surface area (Å²) < 4.78 is 11.5. The first-order chi connectivity index (χ1) is 12.7. The maximum absolute atomic E-state index is 12.8. The third-order valence-electron chi connectivity index (χ3n) is 4.02. The van der Waals surface area contributed by atoms with Crippen LogP contribution in [0.4, 0.5) is 4.79 Å². The summed E-state index contributed by atoms with van der Waals surface area (Å²) >= 11 is 5.95. The molecule has 0 aliphatic carbocycles. The Hall–Kier alpha value is -2.03. The van der Waals surface area contributed by atoms with E-state index in [9.17, 15) is 4.79 Å². The van der Waals surface area contributed by atoms with Crippen molar-refractivity contribution in [1.29, 1.82) is 0 Å². The van der Waals surface area contributed by atoms with E-state index in [0.717, 1.165) is 5.56 Å². The van der Waals surface area contributed by atoms with Crippen LogP contribution >= 0.6 is 11.6 Å². The van der Waals surface area contributed by atoms with Crippen molar-refractivity contribution in [3.05, 3.63) is 34.9 Å². The number of nitrogens with one attached hydrogen (secondary N) is 1. The van der Waals surface area contributed by atoms with Crippen molar-refractivity contribution in [2.24, 2.45) is 16.7 Å². The van der Waals surface area contributed by atoms with E-state index in [1.54, 1.807) is 4.90 Å². The van der Waals surface area contributed by atoms with Gasteiger partial charge in [-0.1, -0.05) is 23.7 Å². The van der Waals surface area contributed by atoms with Gasteiger partial charge in [-0.25, -0.2) is 16.2 Å². The quantitative estimate of drug-likeness (QED) is 0.303. The van der Waals surface area contributed by atoms with Crippen LogP contribution in [0, 0.1) is 0 Å². The molecule has 27 heavy (non-hydrogen) atoms. The fourth-order valence-corrected chi connectivity index (χ4v) is 2.98. The van der Waals surface area contributed by atoms with Gasteiger partial charge >= 0.3 is 6.09 Å². The van der Waals surface area contributed by atoms with E-state index in [-0.39, 0.29) is 18.2 Å². The molecule has 2 atom stereocenters. The Morgan fingerprint density at radius 3 is 2.67 bits per heavy atom. The SMILES string of the molecule is CC(C)(C)OC(=O)N1C[C@H](C/C(N)=N/NN)OCC1Cc1ccc(Cl)cc1. The molecule has 1 saturated heterocycles. The smallest absolute Gasteiger partial charge is 0.410 e. The van der Waals surface area contributed by atoms with Crippen molar-refractivity contribution in [3.8, 4) is 0 Å². The Bertz CT molecular complexity index is 660. The van der Waals surface area contributed by atoms with E-state index < -0.39 is 5.60 Å². The summed E-state index contributed by atoms with van der Waals surface area (Å²) in [7, 11) is 0. The van der Waals surface area contributed by atoms with Crippen LogP contribution in [0.15, 0.2) is 29.4 Å². The van der Waals surface area contributed by atoms with Gasteiger partial charge in [-0.2, -0.15) is 5.10 Å². The summed E-state index contributed by atoms with van der Waals surface area (Å²) in [5.74, 6) is 5.45. The zero-order valence-electron chi connectivity index (χ0n) is 15.9. The molecule has 1 heterocycles. The van der Waals surface area contributed by atoms with Gasteiger partial charge in [0.15, 0.2) is 0 Å². The monoisotopic (exact) mass is 397 g/mol. The van der Waals surface area contributed by atoms with Crippen LogP contribution in [0.5, 0.6) is 0 Å². The molecule has 1 aromatic carbocycles. The number of morpholine rings is 1. The number of hydrogen-bond donors (Lipinski definition) is 3. The molecular weight excluding hydrogens is 370 g/mol. The minimum Gasteiger partial charge on any atom is -0.444 e. The minimum atomic E-state index is -0.584. The number of carbonyl (C=O) groups is 1. The molecule has 150 valence electrons. The van der Waals surface area contributed by atoms with Crippen molar-refractivity contribution >= 4 is 23.5 Å². The van der Waals surface area contributed by atoms with Gasteiger partial charge < -0.3 is 15.2 Å². The third-order valence-corrected chi connectivity index (χ3v) is 4.27. The first-order valence-corrected chi connectivity index (χ1v) is 9.19. The Kier molecular flexibility index (Phi) is 7.29. The lowest BCUT2D eigenvalue weighted by Crippen LogP contribution is -2.55. The molecule has 0 bridgehead atoms. The Morgan fingerprint density at radius 2 is 2.07 bits per heavy atom. The molecule has 1 amide bonds. The van der Waals surface area contributed by atoms with E-state index in [1.165, 1.54) is 0 Å². The molecule has 0 saturated carbocycles. The second kappa shape index (κ2) is 9.25. The normalized spacial score (nSPS) is 21.1. The van der Waals surface area contributed by atoms with Crippen molar-refractivity contribution in [2.75, 3.05) is 13.2 Å². The average Bonchev–Trinajstić information content (AvgIpc) is 2.57. The highest BCUT2D eigenvalue weighted by Crippen LogP contribution is 2.22. The molecule has 9 heteroatoms. The highest BCUT2D eigenvalue weighted by atomic mass is 35.5. The Labute approximate surface area is 164 Å². The van der Waals surface area contributed by atoms with Crippen LogP contribution in [-0.2, 0) is 15.9 Å². The first kappa shape index (κ1) is 21.3. The fourth-order valence-electron chi connectivity index (χ4n) is 2.85. The lowest BCUT2D eigenvalue weighted by molar-refractivity contribution is -0.0668. The number of halogens is 1. The van der Waals surface area contributed by atoms with Crippen LogP contribution in [0.2, 0.25) is 5.02 Å². The van der Waals surface area contributed by atoms with Gasteiger partial charge in [-0.15, -0.1) is 0 Å². The molecule has 2 rings (SSSR count). The number of nitrogens with zero attached hydrogens (tertiary/aromatic N) is 2. The number of amides is 1. The van der Waals surface area contributed by atoms with Crippen molar-refractivity contribution in [3.63, 3.8) is 0 Å². The zero-order chi connectivity index (χ0) is 20.0. The maximum Gasteiger partial charge on any atom is 0.410 e. The number of rotatable bonds is 5. The van der Waals surface area contributed by atoms with E-state index >= 15 is 0 Å². The van der Waals surface area contributed by atoms with Gasteiger partial charge in [0.2, 0.25) is 0 Å². The number of hydrazone groups is 1. The maximum atomic E-state index is 12.8. The predicted molar refractivity (Wildman–Crippen MR) is 105 cm³/mol. The van der Waals surface area contributed by atoms with E-state index in [4.69, 9.17) is 32.7 Å². The molecule has 0 radical (unpaired) electrons. The minimum absolute atomic E-state index is 0.150. The third kappa shape index (κ3) is 6.89. The zero-order valence-corrected chi connectivity index (χ0v) is 16.7. The van der Waals surface area contributed by atoms with Crippen molar-refractivity contribution in [2.45, 2.75) is 51.4 Å². The summed E-state index contributed by atoms with van der Waals surface area (Å²) in [6.45, 7) is 6.25. The van der Waals surface area contributed by atoms with Gasteiger partial charge in [0.05, 0.1) is 25.3 Å². The molecule has 1 unspecified atom stereocenters. The number of nitrogens with two attached hydrogens (primary N) is 2. The lowest BCUT2D eigenvalue weighted by atomic mass is 10.0. The van der Waals surface area contributed by atoms with Gasteiger partial charge in [-0.05, 0) is 44.9 Å². The molecule has 1 aliphatic rings. The van der Waals surface area contributed by atoms with E-state index in [1.807, 2.05) is 45.0 Å². The van der Waals surface area contributed by atoms with Gasteiger partial charge in [-0.3, -0.25) is 4.90 Å². The van der Waals surface area contributed by atoms with Gasteiger partial charge in [0, 0.05) is 11.4 Å². The summed E-state index contributed by atoms with van der Waals surface area (Å²) in [6.07, 6.45) is 0.340. The Balaban J connectivity index is 2.12. The highest BCUT2D eigenvalue weighted by Gasteiger charge is 2.35. The van der Waals surface area contributed by atoms with E-state index in [0.29, 0.717) is 36.9 Å². The molecule has 8 nitrogen and oxygen atoms in total. The lowest BCUT2D eigenvalue weighted by Gasteiger charge is -2.40. The van der Waals surface area contributed by atoms with Gasteiger partial charge in [0.1, 0.15) is 11.4 Å². The van der Waals surface area contributed by atoms with Crippen LogP contribution in [0.1, 0.15) is 32.8 Å². The average molecular weight is 398 g/mol. The first-order valence-electron chi connectivity index (χ1n) is 8.81. The number of hydrogen-bond acceptors (Lipinski definition) is 6. The molecular formula is C18H28ClN5O3. The summed E-state index contributed by atoms with van der Waals surface area (Å²) in [4.78, 5) is 14.5. The van der Waals surface area contributed by atoms with Gasteiger partial charge in [0.25, 0.3) is 0 Å². The molecule has 1 fully saturated rings. The topological polar surface area (TPSA) is 115 Å². The van der Waals surface area contributed by atoms with Crippen LogP contribution in [-0.4, -0.2) is 47.7 Å². The van der Waals surface area contributed by atoms with Crippen LogP contribution in [0.3, 0.4) is 0 Å². The second-order valence-electron chi connectivity index (χ2n) is 7.51. The van der Waals surface area contributed by atoms with Crippen molar-refractivity contribution < 1.29 is 14.3 Å². The van der Waals surface area contributed by atoms with Crippen molar-refractivity contribution in [1.82, 2.24) is 10.4 Å². The Morgan fingerprint density at radius 1 is 1.41 bits per heavy atom. The number of ether oxygens (including phenoxy) is 2. The summed E-state index contributed by atoms with van der Waals surface area (Å²) in [5, 5.41) is 4.41. The number of hydrazine groups is 1. The molecule has 1 aliphatic heterocycles.